The number of hydrogen-bond donors (Lipinski definition) is 2. The van der Waals surface area contributed by atoms with Gasteiger partial charge in [-0.1, -0.05) is 0 Å². The Morgan fingerprint density at radius 3 is 2.65 bits per heavy atom. The number of ether oxygens (including phenoxy) is 1. The normalized spacial score (nSPS) is 11.5. The van der Waals surface area contributed by atoms with Gasteiger partial charge < -0.3 is 15.0 Å². The van der Waals surface area contributed by atoms with Crippen LogP contribution in [0.4, 0.5) is 8.78 Å². The molecule has 0 spiro atoms. The zero-order chi connectivity index (χ0) is 19.4. The predicted octanol–water partition coefficient (Wildman–Crippen LogP) is 1.67. The lowest BCUT2D eigenvalue weighted by molar-refractivity contribution is 0.0524. The summed E-state index contributed by atoms with van der Waals surface area (Å²) >= 11 is 4.65. The lowest BCUT2D eigenvalue weighted by Gasteiger charge is -2.13. The summed E-state index contributed by atoms with van der Waals surface area (Å²) in [4.78, 5) is 24.5. The molecule has 0 fully saturated rings. The number of hydrogen-bond acceptors (Lipinski definition) is 5. The Bertz CT molecular complexity index is 972. The molecule has 26 heavy (non-hydrogen) atoms. The largest absolute Gasteiger partial charge is 0.462 e. The van der Waals surface area contributed by atoms with Crippen LogP contribution in [0, 0.1) is 11.6 Å². The summed E-state index contributed by atoms with van der Waals surface area (Å²) in [5.41, 5.74) is 7.22. The van der Waals surface area contributed by atoms with E-state index in [2.05, 4.69) is 22.7 Å². The number of nitrogens with two attached hydrogens (primary N) is 1. The van der Waals surface area contributed by atoms with Gasteiger partial charge >= 0.3 is 5.97 Å². The molecule has 2 aromatic rings. The highest BCUT2D eigenvalue weighted by Gasteiger charge is 2.18. The smallest absolute Gasteiger partial charge is 0.343 e. The molecular weight excluding hydrogens is 366 g/mol. The molecule has 0 aliphatic rings. The summed E-state index contributed by atoms with van der Waals surface area (Å²) in [6.07, 6.45) is 1.22. The summed E-state index contributed by atoms with van der Waals surface area (Å²) < 4.78 is 33.5. The third-order valence-electron chi connectivity index (χ3n) is 3.37. The van der Waals surface area contributed by atoms with Crippen molar-refractivity contribution in [3.8, 4) is 0 Å². The molecule has 10 heteroatoms. The third kappa shape index (κ3) is 4.20. The van der Waals surface area contributed by atoms with E-state index in [1.54, 1.807) is 13.8 Å². The first-order valence-electron chi connectivity index (χ1n) is 7.52. The molecule has 0 radical (unpaired) electrons. The molecule has 0 bridgehead atoms. The molecule has 0 aliphatic heterocycles. The summed E-state index contributed by atoms with van der Waals surface area (Å²) in [6, 6.07) is 1.64. The summed E-state index contributed by atoms with van der Waals surface area (Å²) in [5.74, 6) is -3.16. The Hall–Kier alpha value is -2.88. The molecule has 3 N–H and O–H groups in total. The fourth-order valence-corrected chi connectivity index (χ4v) is 2.35. The van der Waals surface area contributed by atoms with Gasteiger partial charge in [0.2, 0.25) is 5.43 Å². The fraction of sp³-hybridized carbons (Fsp3) is 0.250. The first kappa shape index (κ1) is 19.4. The number of thiocarbonyl (C=S) groups is 1. The van der Waals surface area contributed by atoms with Crippen molar-refractivity contribution in [2.24, 2.45) is 10.8 Å². The van der Waals surface area contributed by atoms with E-state index in [0.717, 1.165) is 12.1 Å². The van der Waals surface area contributed by atoms with Crippen molar-refractivity contribution in [2.45, 2.75) is 20.4 Å². The van der Waals surface area contributed by atoms with Crippen molar-refractivity contribution < 1.29 is 18.3 Å². The van der Waals surface area contributed by atoms with Gasteiger partial charge in [0.15, 0.2) is 16.7 Å². The van der Waals surface area contributed by atoms with Gasteiger partial charge in [0.05, 0.1) is 24.4 Å². The lowest BCUT2D eigenvalue weighted by Crippen LogP contribution is -2.26. The van der Waals surface area contributed by atoms with Crippen LogP contribution in [0.3, 0.4) is 0 Å². The van der Waals surface area contributed by atoms with Gasteiger partial charge in [-0.3, -0.25) is 10.2 Å². The van der Waals surface area contributed by atoms with E-state index in [9.17, 15) is 18.4 Å². The number of rotatable bonds is 5. The SMILES string of the molecule is CCOC(=O)c1cn(C/C(C)=N/NC(N)=S)c2cc(F)c(F)cc2c1=O. The van der Waals surface area contributed by atoms with Crippen LogP contribution in [0.2, 0.25) is 0 Å². The average Bonchev–Trinajstić information content (AvgIpc) is 2.57. The van der Waals surface area contributed by atoms with Gasteiger partial charge in [0.25, 0.3) is 0 Å². The average molecular weight is 382 g/mol. The van der Waals surface area contributed by atoms with E-state index in [1.807, 2.05) is 0 Å². The molecule has 0 amide bonds. The molecule has 0 aliphatic carbocycles. The molecule has 138 valence electrons. The molecule has 0 saturated heterocycles. The Kier molecular flexibility index (Phi) is 5.98. The molecule has 0 saturated carbocycles. The van der Waals surface area contributed by atoms with Crippen LogP contribution in [0.1, 0.15) is 24.2 Å². The van der Waals surface area contributed by atoms with E-state index in [1.165, 1.54) is 10.8 Å². The molecule has 0 atom stereocenters. The van der Waals surface area contributed by atoms with Gasteiger partial charge in [-0.2, -0.15) is 5.10 Å². The zero-order valence-corrected chi connectivity index (χ0v) is 14.8. The molecule has 1 aromatic heterocycles. The van der Waals surface area contributed by atoms with Crippen molar-refractivity contribution in [3.05, 3.63) is 45.8 Å². The zero-order valence-electron chi connectivity index (χ0n) is 14.0. The third-order valence-corrected chi connectivity index (χ3v) is 3.46. The highest BCUT2D eigenvalue weighted by molar-refractivity contribution is 7.80. The highest BCUT2D eigenvalue weighted by Crippen LogP contribution is 2.17. The molecule has 1 aromatic carbocycles. The first-order valence-corrected chi connectivity index (χ1v) is 7.93. The predicted molar refractivity (Wildman–Crippen MR) is 97.1 cm³/mol. The minimum absolute atomic E-state index is 0.0468. The fourth-order valence-electron chi connectivity index (χ4n) is 2.30. The maximum Gasteiger partial charge on any atom is 0.343 e. The van der Waals surface area contributed by atoms with Gasteiger partial charge in [-0.15, -0.1) is 0 Å². The van der Waals surface area contributed by atoms with E-state index in [4.69, 9.17) is 10.5 Å². The maximum atomic E-state index is 13.7. The lowest BCUT2D eigenvalue weighted by atomic mass is 10.1. The molecular formula is C16H16F2N4O3S. The summed E-state index contributed by atoms with van der Waals surface area (Å²) in [7, 11) is 0. The number of pyridine rings is 1. The second-order valence-electron chi connectivity index (χ2n) is 5.33. The topological polar surface area (TPSA) is 98.7 Å². The summed E-state index contributed by atoms with van der Waals surface area (Å²) in [6.45, 7) is 3.33. The quantitative estimate of drug-likeness (QED) is 0.353. The van der Waals surface area contributed by atoms with Crippen LogP contribution in [-0.4, -0.2) is 28.0 Å². The van der Waals surface area contributed by atoms with Crippen LogP contribution < -0.4 is 16.6 Å². The number of halogens is 2. The summed E-state index contributed by atoms with van der Waals surface area (Å²) in [5, 5.41) is 3.72. The number of fused-ring (bicyclic) bond motifs is 1. The number of carbonyl (C=O) groups is 1. The Morgan fingerprint density at radius 2 is 2.04 bits per heavy atom. The molecule has 7 nitrogen and oxygen atoms in total. The maximum absolute atomic E-state index is 13.7. The van der Waals surface area contributed by atoms with Crippen LogP contribution >= 0.6 is 12.2 Å². The van der Waals surface area contributed by atoms with Crippen LogP contribution in [-0.2, 0) is 11.3 Å². The van der Waals surface area contributed by atoms with E-state index in [-0.39, 0.29) is 34.7 Å². The number of carbonyl (C=O) groups excluding carboxylic acids is 1. The van der Waals surface area contributed by atoms with E-state index in [0.29, 0.717) is 5.71 Å². The van der Waals surface area contributed by atoms with Gasteiger partial charge in [-0.25, -0.2) is 13.6 Å². The highest BCUT2D eigenvalue weighted by atomic mass is 32.1. The van der Waals surface area contributed by atoms with Crippen LogP contribution in [0.15, 0.2) is 28.2 Å². The second-order valence-corrected chi connectivity index (χ2v) is 5.77. The number of aromatic nitrogens is 1. The number of nitrogens with one attached hydrogen (secondary N) is 1. The molecule has 2 rings (SSSR count). The van der Waals surface area contributed by atoms with E-state index >= 15 is 0 Å². The first-order chi connectivity index (χ1) is 12.2. The molecule has 0 unspecified atom stereocenters. The Morgan fingerprint density at radius 1 is 1.38 bits per heavy atom. The van der Waals surface area contributed by atoms with Crippen molar-refractivity contribution in [2.75, 3.05) is 6.61 Å². The van der Waals surface area contributed by atoms with Crippen molar-refractivity contribution in [1.29, 1.82) is 0 Å². The van der Waals surface area contributed by atoms with Crippen molar-refractivity contribution in [1.82, 2.24) is 9.99 Å². The number of esters is 1. The Labute approximate surface area is 152 Å². The van der Waals surface area contributed by atoms with E-state index < -0.39 is 23.0 Å². The number of hydrazone groups is 1. The van der Waals surface area contributed by atoms with Gasteiger partial charge in [0.1, 0.15) is 5.56 Å². The minimum Gasteiger partial charge on any atom is -0.462 e. The van der Waals surface area contributed by atoms with Gasteiger partial charge in [0, 0.05) is 17.6 Å². The van der Waals surface area contributed by atoms with Crippen molar-refractivity contribution in [3.63, 3.8) is 0 Å². The monoisotopic (exact) mass is 382 g/mol. The minimum atomic E-state index is -1.19. The van der Waals surface area contributed by atoms with Crippen LogP contribution in [0.25, 0.3) is 10.9 Å². The second kappa shape index (κ2) is 8.00. The Balaban J connectivity index is 2.66. The number of nitrogens with zero attached hydrogens (tertiary/aromatic N) is 2. The van der Waals surface area contributed by atoms with Crippen molar-refractivity contribution >= 4 is 39.9 Å². The standard InChI is InChI=1S/C16H16F2N4O3S/c1-3-25-15(24)10-7-22(6-8(2)20-21-16(19)26)13-5-12(18)11(17)4-9(13)14(10)23/h4-5,7H,3,6H2,1-2H3,(H3,19,21,26)/b20-8+. The molecule has 1 heterocycles. The van der Waals surface area contributed by atoms with Gasteiger partial charge in [-0.05, 0) is 32.1 Å². The van der Waals surface area contributed by atoms with Crippen LogP contribution in [0.5, 0.6) is 0 Å². The number of benzene rings is 1.